The van der Waals surface area contributed by atoms with E-state index in [0.29, 0.717) is 16.9 Å². The third kappa shape index (κ3) is 3.81. The third-order valence-corrected chi connectivity index (χ3v) is 7.61. The number of anilines is 2. The van der Waals surface area contributed by atoms with E-state index in [0.717, 1.165) is 56.9 Å². The van der Waals surface area contributed by atoms with E-state index in [1.807, 2.05) is 36.4 Å². The molecule has 5 rings (SSSR count). The van der Waals surface area contributed by atoms with Gasteiger partial charge in [0.15, 0.2) is 0 Å². The lowest BCUT2D eigenvalue weighted by molar-refractivity contribution is -0.121. The van der Waals surface area contributed by atoms with Crippen molar-refractivity contribution >= 4 is 29.1 Å². The topological polar surface area (TPSA) is 78.5 Å². The minimum Gasteiger partial charge on any atom is -0.329 e. The van der Waals surface area contributed by atoms with E-state index in [1.165, 1.54) is 6.92 Å². The molecule has 2 aromatic carbocycles. The van der Waals surface area contributed by atoms with Crippen LogP contribution in [0.2, 0.25) is 0 Å². The second-order valence-corrected chi connectivity index (χ2v) is 9.70. The number of benzene rings is 2. The van der Waals surface area contributed by atoms with Crippen molar-refractivity contribution in [1.29, 1.82) is 0 Å². The van der Waals surface area contributed by atoms with Crippen LogP contribution in [0.4, 0.5) is 11.4 Å². The third-order valence-electron chi connectivity index (χ3n) is 7.61. The fourth-order valence-electron chi connectivity index (χ4n) is 6.39. The zero-order valence-electron chi connectivity index (χ0n) is 19.1. The minimum atomic E-state index is -0.472. The Morgan fingerprint density at radius 1 is 0.909 bits per heavy atom. The molecule has 2 saturated carbocycles. The molecule has 0 radical (unpaired) electrons. The zero-order valence-corrected chi connectivity index (χ0v) is 19.1. The molecule has 172 valence electrons. The van der Waals surface area contributed by atoms with E-state index in [-0.39, 0.29) is 23.8 Å². The number of nitrogens with one attached hydrogen (secondary N) is 2. The fourth-order valence-corrected chi connectivity index (χ4v) is 6.39. The Balaban J connectivity index is 1.55. The summed E-state index contributed by atoms with van der Waals surface area (Å²) < 4.78 is 0. The van der Waals surface area contributed by atoms with Crippen LogP contribution in [-0.2, 0) is 9.59 Å². The van der Waals surface area contributed by atoms with Gasteiger partial charge in [0, 0.05) is 29.9 Å². The van der Waals surface area contributed by atoms with Gasteiger partial charge >= 0.3 is 0 Å². The van der Waals surface area contributed by atoms with Crippen LogP contribution in [0.1, 0.15) is 80.1 Å². The lowest BCUT2D eigenvalue weighted by Crippen LogP contribution is -2.62. The largest absolute Gasteiger partial charge is 0.329 e. The molecule has 2 N–H and O–H groups in total. The number of rotatable bonds is 4. The number of nitrogens with zero attached hydrogens (tertiary/aromatic N) is 1. The summed E-state index contributed by atoms with van der Waals surface area (Å²) in [5.41, 5.74) is 2.31. The maximum absolute atomic E-state index is 14.0. The zero-order chi connectivity index (χ0) is 23.0. The molecule has 0 saturated heterocycles. The summed E-state index contributed by atoms with van der Waals surface area (Å²) in [6.45, 7) is 1.46. The van der Waals surface area contributed by atoms with Crippen LogP contribution in [-0.4, -0.2) is 34.2 Å². The standard InChI is InChI=1S/C27H31N3O3/c1-18(31)28-19-9-8-10-20(17-19)29-25(32)24-22-13-4-5-14-23(22)26(33)30(21-11-2-3-12-21)27(24)15-6-7-16-27/h4-5,8-10,13-14,17,21,24H,2-3,6-7,11-12,15-16H2,1H3,(H,28,31)(H,29,32). The SMILES string of the molecule is CC(=O)Nc1cccc(NC(=O)C2c3ccccc3C(=O)N(C3CCCC3)C23CCCC3)c1. The van der Waals surface area contributed by atoms with Gasteiger partial charge in [0.1, 0.15) is 0 Å². The lowest BCUT2D eigenvalue weighted by Gasteiger charge is -2.52. The first-order chi connectivity index (χ1) is 16.0. The number of hydrogen-bond donors (Lipinski definition) is 2. The van der Waals surface area contributed by atoms with Crippen LogP contribution in [0.25, 0.3) is 0 Å². The highest BCUT2D eigenvalue weighted by molar-refractivity contribution is 6.05. The van der Waals surface area contributed by atoms with Crippen molar-refractivity contribution in [3.05, 3.63) is 59.7 Å². The Kier molecular flexibility index (Phi) is 5.69. The van der Waals surface area contributed by atoms with E-state index >= 15 is 0 Å². The van der Waals surface area contributed by atoms with Crippen LogP contribution in [0.3, 0.4) is 0 Å². The van der Waals surface area contributed by atoms with E-state index in [1.54, 1.807) is 12.1 Å². The molecule has 2 aromatic rings. The maximum atomic E-state index is 14.0. The molecule has 3 aliphatic rings. The van der Waals surface area contributed by atoms with Gasteiger partial charge in [-0.15, -0.1) is 0 Å². The lowest BCUT2D eigenvalue weighted by atomic mass is 9.70. The Hall–Kier alpha value is -3.15. The van der Waals surface area contributed by atoms with Gasteiger partial charge in [-0.3, -0.25) is 14.4 Å². The summed E-state index contributed by atoms with van der Waals surface area (Å²) in [5.74, 6) is -0.565. The van der Waals surface area contributed by atoms with Gasteiger partial charge < -0.3 is 15.5 Å². The molecule has 1 atom stereocenters. The van der Waals surface area contributed by atoms with Crippen LogP contribution in [0.15, 0.2) is 48.5 Å². The summed E-state index contributed by atoms with van der Waals surface area (Å²) in [6, 6.07) is 15.1. The van der Waals surface area contributed by atoms with Crippen LogP contribution in [0.5, 0.6) is 0 Å². The summed E-state index contributed by atoms with van der Waals surface area (Å²) >= 11 is 0. The summed E-state index contributed by atoms with van der Waals surface area (Å²) in [5, 5.41) is 5.88. The Labute approximate surface area is 194 Å². The molecule has 2 fully saturated rings. The molecule has 1 spiro atoms. The van der Waals surface area contributed by atoms with Crippen molar-refractivity contribution in [2.24, 2.45) is 0 Å². The van der Waals surface area contributed by atoms with Gasteiger partial charge in [-0.25, -0.2) is 0 Å². The minimum absolute atomic E-state index is 0.0835. The van der Waals surface area contributed by atoms with Gasteiger partial charge in [0.05, 0.1) is 11.5 Å². The summed E-state index contributed by atoms with van der Waals surface area (Å²) in [7, 11) is 0. The highest BCUT2D eigenvalue weighted by Crippen LogP contribution is 2.52. The van der Waals surface area contributed by atoms with Crippen molar-refractivity contribution in [3.63, 3.8) is 0 Å². The predicted octanol–water partition coefficient (Wildman–Crippen LogP) is 5.08. The highest BCUT2D eigenvalue weighted by atomic mass is 16.2. The normalized spacial score (nSPS) is 21.8. The van der Waals surface area contributed by atoms with E-state index in [2.05, 4.69) is 15.5 Å². The number of amides is 3. The van der Waals surface area contributed by atoms with Gasteiger partial charge in [-0.05, 0) is 55.5 Å². The first-order valence-electron chi connectivity index (χ1n) is 12.1. The van der Waals surface area contributed by atoms with Crippen LogP contribution >= 0.6 is 0 Å². The van der Waals surface area contributed by atoms with Gasteiger partial charge in [-0.1, -0.05) is 49.9 Å². The van der Waals surface area contributed by atoms with Crippen LogP contribution < -0.4 is 10.6 Å². The smallest absolute Gasteiger partial charge is 0.254 e. The van der Waals surface area contributed by atoms with E-state index in [4.69, 9.17) is 0 Å². The van der Waals surface area contributed by atoms with Gasteiger partial charge in [0.25, 0.3) is 5.91 Å². The highest BCUT2D eigenvalue weighted by Gasteiger charge is 2.57. The van der Waals surface area contributed by atoms with Crippen molar-refractivity contribution in [1.82, 2.24) is 4.90 Å². The maximum Gasteiger partial charge on any atom is 0.254 e. The molecular formula is C27H31N3O3. The van der Waals surface area contributed by atoms with E-state index < -0.39 is 11.5 Å². The van der Waals surface area contributed by atoms with Crippen molar-refractivity contribution in [3.8, 4) is 0 Å². The number of carbonyl (C=O) groups is 3. The molecule has 6 nitrogen and oxygen atoms in total. The molecule has 1 aliphatic heterocycles. The molecule has 2 aliphatic carbocycles. The molecule has 3 amide bonds. The molecular weight excluding hydrogens is 414 g/mol. The quantitative estimate of drug-likeness (QED) is 0.689. The van der Waals surface area contributed by atoms with Gasteiger partial charge in [-0.2, -0.15) is 0 Å². The number of carbonyl (C=O) groups excluding carboxylic acids is 3. The first kappa shape index (κ1) is 21.7. The average Bonchev–Trinajstić information content (AvgIpc) is 3.47. The van der Waals surface area contributed by atoms with Crippen molar-refractivity contribution in [2.45, 2.75) is 75.8 Å². The molecule has 0 bridgehead atoms. The van der Waals surface area contributed by atoms with Crippen molar-refractivity contribution < 1.29 is 14.4 Å². The molecule has 0 aromatic heterocycles. The Morgan fingerprint density at radius 2 is 1.58 bits per heavy atom. The average molecular weight is 446 g/mol. The van der Waals surface area contributed by atoms with Gasteiger partial charge in [0.2, 0.25) is 11.8 Å². The molecule has 1 unspecified atom stereocenters. The molecule has 33 heavy (non-hydrogen) atoms. The fraction of sp³-hybridized carbons (Fsp3) is 0.444. The Morgan fingerprint density at radius 3 is 2.27 bits per heavy atom. The van der Waals surface area contributed by atoms with Crippen molar-refractivity contribution in [2.75, 3.05) is 10.6 Å². The van der Waals surface area contributed by atoms with Crippen LogP contribution in [0, 0.1) is 0 Å². The molecule has 1 heterocycles. The Bertz CT molecular complexity index is 1080. The first-order valence-corrected chi connectivity index (χ1v) is 12.1. The number of hydrogen-bond acceptors (Lipinski definition) is 3. The second kappa shape index (κ2) is 8.65. The second-order valence-electron chi connectivity index (χ2n) is 9.70. The monoisotopic (exact) mass is 445 g/mol. The summed E-state index contributed by atoms with van der Waals surface area (Å²) in [4.78, 5) is 41.3. The predicted molar refractivity (Wildman–Crippen MR) is 128 cm³/mol. The molecule has 6 heteroatoms. The summed E-state index contributed by atoms with van der Waals surface area (Å²) in [6.07, 6.45) is 8.07. The number of fused-ring (bicyclic) bond motifs is 1. The van der Waals surface area contributed by atoms with E-state index in [9.17, 15) is 14.4 Å².